The number of carbonyl (C=O) groups is 5. The van der Waals surface area contributed by atoms with Gasteiger partial charge in [0.1, 0.15) is 40.0 Å². The standard InChI is InChI=1S/C21H22F2N4O.C15H17N5.C12H12F2O2.C11H12O2.C5H9F3O4SSi.C5H6F2O2.C5H8F2O.Na.H2O/c1-13-6-14(7-17(28)8-16-9-21(16,22)23)12-27(11-13)18-3-2-15(10-24)19-20(18)26-5-4-25-19;1-10-6-12(17)9-20(8-10)13-3-2-11(7-16)14-15(13)19-5-4-18-14;13-12(14)8-10(12)6-7-16-11(15)9-4-2-1-3-5-9;1-2-3-9-13-11(12)10-7-5-4-6-8-10;1-14(2,3)12-4(9)5(6,7)13(8,10)11;6-5(7)2-3(5)1-4(8)9;6-5(7)3-4(5)1-2-8;;/h2-5,13-14,16H,6-9,11-12H2,1H3;2-5,10,12H,6,8-9,17H2,1H3;1-5,10H,6-8H2;2,4-8H,1,3,9H2;1-3H3;3H,1-2H2,(H,8,9);4,8H,1-3H2;;1H2/q;;;;;;;+1;/p-1/t13-,14-,16?;10-,12+;;;;;;;/m00......./s1. The van der Waals surface area contributed by atoms with Gasteiger partial charge in [0, 0.05) is 126 Å². The molecule has 4 aliphatic carbocycles. The van der Waals surface area contributed by atoms with Crippen LogP contribution in [0.3, 0.4) is 0 Å². The summed E-state index contributed by atoms with van der Waals surface area (Å²) in [5.41, 5.74) is 12.8. The molecule has 2 saturated heterocycles. The number of nitrogens with zero attached hydrogens (tertiary/aromatic N) is 8. The molecular formula is C74H87F11N9NaO13SSi. The molecule has 110 heavy (non-hydrogen) atoms. The Morgan fingerprint density at radius 2 is 1.03 bits per heavy atom. The monoisotopic (exact) mass is 1600 g/mol. The maximum absolute atomic E-state index is 13.1. The zero-order valence-corrected chi connectivity index (χ0v) is 65.2. The molecule has 4 unspecified atom stereocenters. The van der Waals surface area contributed by atoms with E-state index in [2.05, 4.69) is 66.7 Å². The number of alkyl halides is 10. The summed E-state index contributed by atoms with van der Waals surface area (Å²) in [7, 11) is -8.93. The van der Waals surface area contributed by atoms with E-state index in [4.69, 9.17) is 30.7 Å². The summed E-state index contributed by atoms with van der Waals surface area (Å²) in [4.78, 5) is 77.2. The first-order valence-corrected chi connectivity index (χ1v) is 39.3. The number of hydrogen-bond acceptors (Lipinski definition) is 21. The van der Waals surface area contributed by atoms with Gasteiger partial charge in [0.05, 0.1) is 53.3 Å². The number of nitriles is 2. The van der Waals surface area contributed by atoms with Crippen molar-refractivity contribution in [1.82, 2.24) is 19.9 Å². The van der Waals surface area contributed by atoms with Gasteiger partial charge >= 0.3 is 68.9 Å². The van der Waals surface area contributed by atoms with Crippen LogP contribution in [-0.4, -0.2) is 163 Å². The predicted molar refractivity (Wildman–Crippen MR) is 382 cm³/mol. The molecule has 0 bridgehead atoms. The van der Waals surface area contributed by atoms with Gasteiger partial charge in [0.2, 0.25) is 8.32 Å². The average molecular weight is 1600 g/mol. The smallest absolute Gasteiger partial charge is 0.870 e. The number of piperidine rings is 2. The largest absolute Gasteiger partial charge is 1.00 e. The average Bonchev–Trinajstić information content (AvgIpc) is 1.37. The Morgan fingerprint density at radius 1 is 0.627 bits per heavy atom. The molecular weight excluding hydrogens is 1510 g/mol. The van der Waals surface area contributed by atoms with Crippen molar-refractivity contribution in [1.29, 1.82) is 10.5 Å². The van der Waals surface area contributed by atoms with E-state index < -0.39 is 95.5 Å². The normalized spacial score (nSPS) is 21.6. The molecule has 36 heteroatoms. The van der Waals surface area contributed by atoms with Crippen LogP contribution in [0.2, 0.25) is 19.6 Å². The molecule has 8 atom stereocenters. The Hall–Kier alpha value is -8.29. The molecule has 22 nitrogen and oxygen atoms in total. The van der Waals surface area contributed by atoms with Crippen LogP contribution in [0.5, 0.6) is 0 Å². The van der Waals surface area contributed by atoms with Gasteiger partial charge in [-0.3, -0.25) is 29.5 Å². The summed E-state index contributed by atoms with van der Waals surface area (Å²) in [5, 5.41) is 29.6. The zero-order valence-electron chi connectivity index (χ0n) is 61.4. The maximum Gasteiger partial charge on any atom is 1.00 e. The number of aliphatic carboxylic acids is 1. The number of aliphatic hydroxyl groups excluding tert-OH is 1. The van der Waals surface area contributed by atoms with Crippen molar-refractivity contribution in [2.24, 2.45) is 47.2 Å². The number of esters is 2. The van der Waals surface area contributed by atoms with Gasteiger partial charge in [-0.15, -0.1) is 6.58 Å². The second kappa shape index (κ2) is 41.3. The molecule has 0 spiro atoms. The van der Waals surface area contributed by atoms with E-state index >= 15 is 0 Å². The number of Topliss-reactive ketones (excluding diaryl/α,β-unsaturated/α-hetero) is 1. The Kier molecular flexibility index (Phi) is 35.3. The summed E-state index contributed by atoms with van der Waals surface area (Å²) in [6, 6.07) is 29.4. The van der Waals surface area contributed by atoms with Crippen LogP contribution in [0.4, 0.5) is 59.2 Å². The van der Waals surface area contributed by atoms with E-state index in [0.29, 0.717) is 76.6 Å². The fraction of sp³-hybridized carbons (Fsp3) is 0.500. The number of carboxylic acid groups (broad SMARTS) is 1. The van der Waals surface area contributed by atoms with E-state index in [1.54, 1.807) is 79.4 Å². The molecule has 0 amide bonds. The number of aliphatic hydroxyl groups is 1. The fourth-order valence-corrected chi connectivity index (χ4v) is 12.7. The topological polar surface area (TPSA) is 349 Å². The van der Waals surface area contributed by atoms with Crippen LogP contribution in [0.1, 0.15) is 123 Å². The van der Waals surface area contributed by atoms with Crippen molar-refractivity contribution in [2.75, 3.05) is 55.8 Å². The number of hydrogen-bond donors (Lipinski definition) is 3. The number of ketones is 1. The number of fused-ring (bicyclic) bond motifs is 2. The van der Waals surface area contributed by atoms with Gasteiger partial charge in [-0.2, -0.15) is 27.7 Å². The molecule has 6 fully saturated rings. The number of rotatable bonds is 21. The number of carbonyl (C=O) groups excluding carboxylic acids is 4. The Morgan fingerprint density at radius 3 is 1.39 bits per heavy atom. The molecule has 4 heterocycles. The minimum atomic E-state index is -6.26. The van der Waals surface area contributed by atoms with Crippen LogP contribution in [-0.2, 0) is 38.5 Å². The first-order valence-electron chi connectivity index (χ1n) is 34.6. The SMILES string of the molecule is C=CCCOC(=O)c1ccccc1.C[C@H]1C[C@@H](CC(=O)CC2CC2(F)F)CN(c2ccc(C#N)c3nccnc23)C1.C[C@H]1C[C@@H](N)CN(c2ccc(C#N)c3nccnc23)C1.C[Si](C)(C)OC(=O)C(F)(F)S(=O)(=O)F.O=C(O)CC1CC1(F)F.O=C(OCCC1CC1(F)F)c1ccccc1.OCCC1CC1(F)F.[Na+].[OH-]. The van der Waals surface area contributed by atoms with Gasteiger partial charge in [-0.1, -0.05) is 60.2 Å². The molecule has 6 aliphatic rings. The number of ether oxygens (including phenoxy) is 2. The van der Waals surface area contributed by atoms with Crippen molar-refractivity contribution in [3.63, 3.8) is 0 Å². The first-order chi connectivity index (χ1) is 50.6. The van der Waals surface area contributed by atoms with E-state index in [9.17, 15) is 85.4 Å². The quantitative estimate of drug-likeness (QED) is 0.0150. The molecule has 4 aromatic carbocycles. The second-order valence-corrected chi connectivity index (χ2v) is 34.0. The molecule has 5 N–H and O–H groups in total. The fourth-order valence-electron chi connectivity index (χ4n) is 11.7. The van der Waals surface area contributed by atoms with Gasteiger partial charge in [-0.25, -0.2) is 49.5 Å². The summed E-state index contributed by atoms with van der Waals surface area (Å²) < 4.78 is 169. The minimum absolute atomic E-state index is 0. The Balaban J connectivity index is 0.000000280. The summed E-state index contributed by atoms with van der Waals surface area (Å²) in [6.07, 6.45) is 10.8. The summed E-state index contributed by atoms with van der Waals surface area (Å²) >= 11 is 0. The van der Waals surface area contributed by atoms with Crippen molar-refractivity contribution < 1.29 is 139 Å². The third-order valence-electron chi connectivity index (χ3n) is 17.5. The minimum Gasteiger partial charge on any atom is -0.870 e. The van der Waals surface area contributed by atoms with Gasteiger partial charge in [0.25, 0.3) is 23.7 Å². The van der Waals surface area contributed by atoms with Gasteiger partial charge in [0.15, 0.2) is 0 Å². The van der Waals surface area contributed by atoms with E-state index in [1.807, 2.05) is 36.4 Å². The number of aromatic nitrogens is 4. The van der Waals surface area contributed by atoms with Crippen molar-refractivity contribution >= 4 is 81.6 Å². The van der Waals surface area contributed by atoms with E-state index in [0.717, 1.165) is 49.4 Å². The van der Waals surface area contributed by atoms with Crippen molar-refractivity contribution in [3.8, 4) is 12.1 Å². The molecule has 594 valence electrons. The van der Waals surface area contributed by atoms with Crippen molar-refractivity contribution in [2.45, 2.75) is 146 Å². The molecule has 2 aliphatic heterocycles. The van der Waals surface area contributed by atoms with E-state index in [1.165, 1.54) is 19.6 Å². The molecule has 6 aromatic rings. The number of halogens is 11. The third-order valence-corrected chi connectivity index (χ3v) is 19.1. The second-order valence-electron chi connectivity index (χ2n) is 28.1. The molecule has 0 radical (unpaired) electrons. The molecule has 4 saturated carbocycles. The number of anilines is 2. The van der Waals surface area contributed by atoms with Gasteiger partial charge < -0.3 is 45.1 Å². The van der Waals surface area contributed by atoms with Crippen LogP contribution in [0.15, 0.2) is 122 Å². The summed E-state index contributed by atoms with van der Waals surface area (Å²) in [6.45, 7) is 15.7. The molecule has 12 rings (SSSR count). The molecule has 2 aromatic heterocycles. The number of nitrogens with two attached hydrogens (primary N) is 1. The van der Waals surface area contributed by atoms with Crippen LogP contribution < -0.4 is 45.1 Å². The van der Waals surface area contributed by atoms with Crippen LogP contribution in [0.25, 0.3) is 22.1 Å². The first kappa shape index (κ1) is 94.1. The zero-order chi connectivity index (χ0) is 80.2. The Bertz CT molecular complexity index is 4280. The summed E-state index contributed by atoms with van der Waals surface area (Å²) in [5.74, 6) is -16.3. The van der Waals surface area contributed by atoms with Gasteiger partial charge in [-0.05, 0) is 118 Å². The van der Waals surface area contributed by atoms with Crippen molar-refractivity contribution in [3.05, 3.63) is 145 Å². The third kappa shape index (κ3) is 29.4. The maximum atomic E-state index is 13.1. The number of carboxylic acids is 1. The van der Waals surface area contributed by atoms with E-state index in [-0.39, 0.29) is 117 Å². The van der Waals surface area contributed by atoms with Crippen LogP contribution in [0, 0.1) is 64.1 Å². The predicted octanol–water partition coefficient (Wildman–Crippen LogP) is 11.2. The van der Waals surface area contributed by atoms with Crippen LogP contribution >= 0.6 is 0 Å². The Labute approximate surface area is 652 Å². The number of benzene rings is 4.